The molecule has 2 aromatic carbocycles. The van der Waals surface area contributed by atoms with Crippen molar-refractivity contribution < 1.29 is 17.2 Å². The molecule has 27 heavy (non-hydrogen) atoms. The van der Waals surface area contributed by atoms with Gasteiger partial charge in [-0.15, -0.1) is 0 Å². The number of fused-ring (bicyclic) bond motifs is 1. The van der Waals surface area contributed by atoms with E-state index in [0.717, 1.165) is 17.2 Å². The van der Waals surface area contributed by atoms with Crippen LogP contribution in [-0.2, 0) is 15.6 Å². The van der Waals surface area contributed by atoms with E-state index in [1.165, 1.54) is 23.9 Å². The van der Waals surface area contributed by atoms with Gasteiger partial charge in [0.15, 0.2) is 15.0 Å². The third kappa shape index (κ3) is 3.60. The van der Waals surface area contributed by atoms with Crippen LogP contribution in [0.25, 0.3) is 0 Å². The molecule has 0 bridgehead atoms. The average molecular weight is 408 g/mol. The Bertz CT molecular complexity index is 1020. The van der Waals surface area contributed by atoms with Crippen LogP contribution in [0, 0.1) is 18.6 Å². The van der Waals surface area contributed by atoms with Crippen LogP contribution in [0.5, 0.6) is 0 Å². The monoisotopic (exact) mass is 408 g/mol. The molecular formula is C19H18F2N2O2S2. The van der Waals surface area contributed by atoms with E-state index >= 15 is 0 Å². The third-order valence-electron chi connectivity index (χ3n) is 4.89. The van der Waals surface area contributed by atoms with Crippen molar-refractivity contribution in [3.8, 4) is 0 Å². The van der Waals surface area contributed by atoms with Crippen LogP contribution in [0.2, 0.25) is 0 Å². The van der Waals surface area contributed by atoms with Crippen LogP contribution in [0.1, 0.15) is 11.1 Å². The van der Waals surface area contributed by atoms with Crippen LogP contribution in [0.4, 0.5) is 14.5 Å². The van der Waals surface area contributed by atoms with Gasteiger partial charge in [0.1, 0.15) is 11.6 Å². The summed E-state index contributed by atoms with van der Waals surface area (Å²) in [5.74, 6) is -0.865. The predicted octanol–water partition coefficient (Wildman–Crippen LogP) is 3.55. The van der Waals surface area contributed by atoms with Gasteiger partial charge < -0.3 is 4.90 Å². The van der Waals surface area contributed by atoms with E-state index in [0.29, 0.717) is 10.9 Å². The molecule has 2 heterocycles. The minimum Gasteiger partial charge on any atom is -0.312 e. The van der Waals surface area contributed by atoms with Crippen molar-refractivity contribution in [2.24, 2.45) is 4.99 Å². The summed E-state index contributed by atoms with van der Waals surface area (Å²) >= 11 is 1.44. The van der Waals surface area contributed by atoms with Crippen LogP contribution >= 0.6 is 11.8 Å². The Labute approximate surface area is 161 Å². The summed E-state index contributed by atoms with van der Waals surface area (Å²) in [5.41, 5.74) is 2.44. The van der Waals surface area contributed by atoms with Crippen molar-refractivity contribution in [2.45, 2.75) is 24.8 Å². The lowest BCUT2D eigenvalue weighted by molar-refractivity contribution is 0.577. The van der Waals surface area contributed by atoms with E-state index in [9.17, 15) is 17.2 Å². The molecule has 2 aliphatic rings. The topological polar surface area (TPSA) is 49.7 Å². The molecule has 2 aliphatic heterocycles. The van der Waals surface area contributed by atoms with Gasteiger partial charge in [0, 0.05) is 11.8 Å². The Hall–Kier alpha value is -1.93. The first-order chi connectivity index (χ1) is 12.8. The van der Waals surface area contributed by atoms with Crippen LogP contribution in [-0.4, -0.2) is 37.2 Å². The Morgan fingerprint density at radius 2 is 1.96 bits per heavy atom. The normalized spacial score (nSPS) is 23.4. The number of halogens is 2. The Balaban J connectivity index is 1.66. The van der Waals surface area contributed by atoms with E-state index in [1.807, 2.05) is 31.2 Å². The van der Waals surface area contributed by atoms with Crippen molar-refractivity contribution in [1.82, 2.24) is 0 Å². The zero-order valence-electron chi connectivity index (χ0n) is 14.6. The Morgan fingerprint density at radius 3 is 2.70 bits per heavy atom. The van der Waals surface area contributed by atoms with Crippen molar-refractivity contribution in [1.29, 1.82) is 0 Å². The molecule has 142 valence electrons. The number of rotatable bonds is 3. The number of aryl methyl sites for hydroxylation is 1. The van der Waals surface area contributed by atoms with Crippen molar-refractivity contribution >= 4 is 32.5 Å². The van der Waals surface area contributed by atoms with Crippen LogP contribution in [0.15, 0.2) is 47.5 Å². The number of nitrogens with zero attached hydrogens (tertiary/aromatic N) is 2. The first-order valence-electron chi connectivity index (χ1n) is 8.54. The summed E-state index contributed by atoms with van der Waals surface area (Å²) in [5, 5.41) is 0.577. The zero-order valence-corrected chi connectivity index (χ0v) is 16.2. The molecule has 0 N–H and O–H groups in total. The second-order valence-electron chi connectivity index (χ2n) is 6.80. The fraction of sp³-hybridized carbons (Fsp3) is 0.316. The summed E-state index contributed by atoms with van der Waals surface area (Å²) < 4.78 is 51.9. The fourth-order valence-electron chi connectivity index (χ4n) is 3.51. The average Bonchev–Trinajstić information content (AvgIpc) is 3.06. The SMILES string of the molecule is Cc1ccccc1CSC1=N[C@@H]2CS(=O)(=O)C[C@H]2N1c1ccc(F)cc1F. The molecule has 1 fully saturated rings. The molecule has 0 aromatic heterocycles. The maximum Gasteiger partial charge on any atom is 0.164 e. The third-order valence-corrected chi connectivity index (χ3v) is 7.61. The van der Waals surface area contributed by atoms with Crippen molar-refractivity contribution in [2.75, 3.05) is 16.4 Å². The smallest absolute Gasteiger partial charge is 0.164 e. The van der Waals surface area contributed by atoms with E-state index in [-0.39, 0.29) is 17.2 Å². The highest BCUT2D eigenvalue weighted by molar-refractivity contribution is 8.13. The maximum atomic E-state index is 14.5. The van der Waals surface area contributed by atoms with Gasteiger partial charge >= 0.3 is 0 Å². The number of sulfone groups is 1. The number of hydrogen-bond donors (Lipinski definition) is 0. The minimum atomic E-state index is -3.22. The highest BCUT2D eigenvalue weighted by Gasteiger charge is 2.47. The zero-order chi connectivity index (χ0) is 19.2. The summed E-state index contributed by atoms with van der Waals surface area (Å²) in [6.45, 7) is 2.02. The number of anilines is 1. The fourth-order valence-corrected chi connectivity index (χ4v) is 6.54. The maximum absolute atomic E-state index is 14.5. The number of thioether (sulfide) groups is 1. The Kier molecular flexibility index (Phi) is 4.71. The number of hydrogen-bond acceptors (Lipinski definition) is 5. The second kappa shape index (κ2) is 6.91. The number of benzene rings is 2. The Morgan fingerprint density at radius 1 is 1.19 bits per heavy atom. The molecule has 1 saturated heterocycles. The summed E-state index contributed by atoms with van der Waals surface area (Å²) in [7, 11) is -3.22. The van der Waals surface area contributed by atoms with Crippen molar-refractivity contribution in [3.63, 3.8) is 0 Å². The van der Waals surface area contributed by atoms with E-state index in [4.69, 9.17) is 0 Å². The molecular weight excluding hydrogens is 390 g/mol. The predicted molar refractivity (Wildman–Crippen MR) is 105 cm³/mol. The van der Waals surface area contributed by atoms with Gasteiger partial charge in [-0.3, -0.25) is 4.99 Å². The molecule has 2 atom stereocenters. The standard InChI is InChI=1S/C19H18F2N2O2S2/c1-12-4-2-3-5-13(12)9-26-19-22-16-10-27(24,25)11-18(16)23(19)17-7-6-14(20)8-15(17)21/h2-8,16,18H,9-11H2,1H3/t16-,18-/m1/s1. The first-order valence-corrected chi connectivity index (χ1v) is 11.3. The van der Waals surface area contributed by atoms with Crippen LogP contribution < -0.4 is 4.90 Å². The molecule has 0 unspecified atom stereocenters. The molecule has 4 nitrogen and oxygen atoms in total. The molecule has 8 heteroatoms. The van der Waals surface area contributed by atoms with Gasteiger partial charge in [0.05, 0.1) is 29.3 Å². The van der Waals surface area contributed by atoms with Gasteiger partial charge in [0.2, 0.25) is 0 Å². The second-order valence-corrected chi connectivity index (χ2v) is 9.90. The minimum absolute atomic E-state index is 0.0363. The molecule has 0 radical (unpaired) electrons. The molecule has 4 rings (SSSR count). The first kappa shape index (κ1) is 18.4. The molecule has 0 aliphatic carbocycles. The van der Waals surface area contributed by atoms with E-state index in [1.54, 1.807) is 4.90 Å². The summed E-state index contributed by atoms with van der Waals surface area (Å²) in [4.78, 5) is 6.21. The number of aliphatic imine (C=N–C) groups is 1. The highest BCUT2D eigenvalue weighted by Crippen LogP contribution is 2.37. The lowest BCUT2D eigenvalue weighted by Gasteiger charge is -2.27. The molecule has 0 amide bonds. The highest BCUT2D eigenvalue weighted by atomic mass is 32.2. The van der Waals surface area contributed by atoms with Gasteiger partial charge in [-0.2, -0.15) is 0 Å². The lowest BCUT2D eigenvalue weighted by Crippen LogP contribution is -2.39. The molecule has 0 saturated carbocycles. The molecule has 0 spiro atoms. The van der Waals surface area contributed by atoms with Gasteiger partial charge in [0.25, 0.3) is 0 Å². The number of amidine groups is 1. The van der Waals surface area contributed by atoms with Crippen LogP contribution in [0.3, 0.4) is 0 Å². The molecule has 2 aromatic rings. The van der Waals surface area contributed by atoms with Gasteiger partial charge in [-0.25, -0.2) is 17.2 Å². The summed E-state index contributed by atoms with van der Waals surface area (Å²) in [6, 6.07) is 10.4. The van der Waals surface area contributed by atoms with Crippen molar-refractivity contribution in [3.05, 3.63) is 65.2 Å². The van der Waals surface area contributed by atoms with Gasteiger partial charge in [-0.05, 0) is 30.2 Å². The quantitative estimate of drug-likeness (QED) is 0.779. The lowest BCUT2D eigenvalue weighted by atomic mass is 10.1. The van der Waals surface area contributed by atoms with Gasteiger partial charge in [-0.1, -0.05) is 36.0 Å². The summed E-state index contributed by atoms with van der Waals surface area (Å²) in [6.07, 6.45) is 0. The largest absolute Gasteiger partial charge is 0.312 e. The van der Waals surface area contributed by atoms with E-state index in [2.05, 4.69) is 4.99 Å². The van der Waals surface area contributed by atoms with E-state index < -0.39 is 33.6 Å².